The van der Waals surface area contributed by atoms with Crippen molar-refractivity contribution in [1.82, 2.24) is 10.3 Å². The summed E-state index contributed by atoms with van der Waals surface area (Å²) in [6.45, 7) is 0. The first-order valence-corrected chi connectivity index (χ1v) is 15.8. The number of hydrogen-bond donors (Lipinski definition) is 1. The average Bonchev–Trinajstić information content (AvgIpc) is 3.53. The fraction of sp³-hybridized carbons (Fsp3) is 0.0238. The number of para-hydroxylation sites is 1. The summed E-state index contributed by atoms with van der Waals surface area (Å²) in [6, 6.07) is 47.0. The van der Waals surface area contributed by atoms with Crippen LogP contribution in [0.5, 0.6) is 0 Å². The Labute approximate surface area is 269 Å². The van der Waals surface area contributed by atoms with Gasteiger partial charge in [0.25, 0.3) is 0 Å². The number of rotatable bonds is 3. The number of hydrogen-bond acceptors (Lipinski definition) is 5. The highest BCUT2D eigenvalue weighted by Gasteiger charge is 2.24. The van der Waals surface area contributed by atoms with Crippen molar-refractivity contribution in [2.45, 2.75) is 6.17 Å². The summed E-state index contributed by atoms with van der Waals surface area (Å²) in [6.07, 6.45) is 3.19. The minimum atomic E-state index is -0.449. The molecule has 0 aliphatic carbocycles. The molecule has 0 radical (unpaired) electrons. The molecule has 9 aromatic rings. The average molecular weight is 603 g/mol. The molecule has 10 rings (SSSR count). The van der Waals surface area contributed by atoms with Crippen molar-refractivity contribution in [3.05, 3.63) is 163 Å². The minimum absolute atomic E-state index is 0.449. The van der Waals surface area contributed by atoms with Gasteiger partial charge in [0.05, 0.1) is 6.20 Å². The van der Waals surface area contributed by atoms with E-state index in [4.69, 9.17) is 14.4 Å². The molecule has 1 aliphatic heterocycles. The molecule has 1 atom stereocenters. The van der Waals surface area contributed by atoms with E-state index in [1.165, 1.54) is 32.3 Å². The normalized spacial score (nSPS) is 15.0. The Kier molecular flexibility index (Phi) is 5.57. The van der Waals surface area contributed by atoms with Crippen molar-refractivity contribution in [1.29, 1.82) is 0 Å². The van der Waals surface area contributed by atoms with Crippen LogP contribution in [0.1, 0.15) is 22.9 Å². The second-order valence-electron chi connectivity index (χ2n) is 12.1. The topological polar surface area (TPSA) is 62.8 Å². The van der Waals surface area contributed by atoms with Gasteiger partial charge in [-0.3, -0.25) is 4.98 Å². The van der Waals surface area contributed by atoms with E-state index in [1.807, 2.05) is 24.4 Å². The third kappa shape index (κ3) is 4.14. The Bertz CT molecular complexity index is 2790. The summed E-state index contributed by atoms with van der Waals surface area (Å²) in [7, 11) is 0. The monoisotopic (exact) mass is 602 g/mol. The fourth-order valence-electron chi connectivity index (χ4n) is 7.09. The lowest BCUT2D eigenvalue weighted by Gasteiger charge is -2.23. The van der Waals surface area contributed by atoms with Gasteiger partial charge in [-0.25, -0.2) is 9.98 Å². The highest BCUT2D eigenvalue weighted by atomic mass is 16.3. The van der Waals surface area contributed by atoms with Gasteiger partial charge in [-0.15, -0.1) is 0 Å². The molecule has 1 unspecified atom stereocenters. The van der Waals surface area contributed by atoms with Crippen LogP contribution in [0.3, 0.4) is 0 Å². The molecule has 0 fully saturated rings. The maximum Gasteiger partial charge on any atom is 0.169 e. The number of aliphatic imine (C=N–C) groups is 2. The predicted molar refractivity (Wildman–Crippen MR) is 193 cm³/mol. The third-order valence-corrected chi connectivity index (χ3v) is 9.35. The predicted octanol–water partition coefficient (Wildman–Crippen LogP) is 10.1. The van der Waals surface area contributed by atoms with Crippen LogP contribution in [-0.4, -0.2) is 16.7 Å². The van der Waals surface area contributed by atoms with E-state index in [9.17, 15) is 0 Å². The largest absolute Gasteiger partial charge is 0.454 e. The fourth-order valence-corrected chi connectivity index (χ4v) is 7.09. The molecule has 2 aromatic heterocycles. The number of amidine groups is 2. The first kappa shape index (κ1) is 25.9. The van der Waals surface area contributed by atoms with Gasteiger partial charge in [-0.2, -0.15) is 0 Å². The summed E-state index contributed by atoms with van der Waals surface area (Å²) in [4.78, 5) is 15.0. The molecular weight excluding hydrogens is 576 g/mol. The smallest absolute Gasteiger partial charge is 0.169 e. The van der Waals surface area contributed by atoms with Gasteiger partial charge < -0.3 is 9.73 Å². The van der Waals surface area contributed by atoms with Crippen LogP contribution in [0.4, 0.5) is 0 Å². The lowest BCUT2D eigenvalue weighted by molar-refractivity contribution is 0.667. The van der Waals surface area contributed by atoms with Crippen LogP contribution in [0, 0.1) is 0 Å². The molecule has 3 heterocycles. The summed E-state index contributed by atoms with van der Waals surface area (Å²) in [5.74, 6) is 1.47. The van der Waals surface area contributed by atoms with Crippen molar-refractivity contribution in [2.24, 2.45) is 9.98 Å². The molecule has 5 nitrogen and oxygen atoms in total. The second-order valence-corrected chi connectivity index (χ2v) is 12.1. The van der Waals surface area contributed by atoms with E-state index in [0.29, 0.717) is 5.84 Å². The SMILES string of the molecule is c1ccc2cc(C3N=C(c4ccc5c(ccc6ccc7ccccc7c65)c4)NC(c4cncc5oc6ccccc6c45)=N3)ccc2c1. The van der Waals surface area contributed by atoms with Gasteiger partial charge in [0.1, 0.15) is 17.3 Å². The lowest BCUT2D eigenvalue weighted by Crippen LogP contribution is -2.36. The molecular formula is C42H26N4O. The van der Waals surface area contributed by atoms with Gasteiger partial charge in [0, 0.05) is 28.1 Å². The summed E-state index contributed by atoms with van der Waals surface area (Å²) >= 11 is 0. The molecule has 0 spiro atoms. The molecule has 220 valence electrons. The van der Waals surface area contributed by atoms with Gasteiger partial charge in [0.2, 0.25) is 0 Å². The first-order valence-electron chi connectivity index (χ1n) is 15.8. The van der Waals surface area contributed by atoms with E-state index in [2.05, 4.69) is 126 Å². The Morgan fingerprint density at radius 1 is 0.489 bits per heavy atom. The van der Waals surface area contributed by atoms with Gasteiger partial charge in [-0.1, -0.05) is 115 Å². The molecule has 0 saturated heterocycles. The van der Waals surface area contributed by atoms with E-state index < -0.39 is 6.17 Å². The Balaban J connectivity index is 1.16. The number of furan rings is 1. The summed E-state index contributed by atoms with van der Waals surface area (Å²) in [5, 5.41) is 15.4. The van der Waals surface area contributed by atoms with E-state index >= 15 is 0 Å². The molecule has 0 amide bonds. The number of nitrogens with one attached hydrogen (secondary N) is 1. The highest BCUT2D eigenvalue weighted by molar-refractivity contribution is 6.25. The number of fused-ring (bicyclic) bond motifs is 9. The van der Waals surface area contributed by atoms with Gasteiger partial charge >= 0.3 is 0 Å². The van der Waals surface area contributed by atoms with E-state index in [-0.39, 0.29) is 0 Å². The molecule has 0 saturated carbocycles. The standard InChI is InChI=1S/C42H26N4O/c1-2-9-28-21-30(18-13-25(28)7-1)40-44-41(46-42(45-40)35-23-43-24-37-39(35)34-11-5-6-12-36(34)47-37)31-19-20-33-29(22-31)17-16-27-15-14-26-8-3-4-10-32(26)38(27)33/h1-24,40H,(H,44,45,46). The Hall–Kier alpha value is -6.33. The van der Waals surface area contributed by atoms with E-state index in [1.54, 1.807) is 6.20 Å². The maximum absolute atomic E-state index is 6.19. The molecule has 7 aromatic carbocycles. The van der Waals surface area contributed by atoms with Crippen LogP contribution in [0.25, 0.3) is 65.0 Å². The number of pyridine rings is 1. The van der Waals surface area contributed by atoms with Crippen molar-refractivity contribution < 1.29 is 4.42 Å². The molecule has 5 heteroatoms. The van der Waals surface area contributed by atoms with Crippen molar-refractivity contribution in [3.63, 3.8) is 0 Å². The Morgan fingerprint density at radius 2 is 1.19 bits per heavy atom. The zero-order chi connectivity index (χ0) is 30.9. The van der Waals surface area contributed by atoms with Crippen LogP contribution in [-0.2, 0) is 0 Å². The van der Waals surface area contributed by atoms with E-state index in [0.717, 1.165) is 55.2 Å². The maximum atomic E-state index is 6.19. The van der Waals surface area contributed by atoms with Crippen molar-refractivity contribution >= 4 is 76.7 Å². The van der Waals surface area contributed by atoms with Crippen molar-refractivity contribution in [3.8, 4) is 0 Å². The number of nitrogens with zero attached hydrogens (tertiary/aromatic N) is 3. The molecule has 47 heavy (non-hydrogen) atoms. The zero-order valence-corrected chi connectivity index (χ0v) is 25.2. The van der Waals surface area contributed by atoms with Gasteiger partial charge in [0.15, 0.2) is 11.7 Å². The first-order chi connectivity index (χ1) is 23.3. The van der Waals surface area contributed by atoms with Crippen LogP contribution < -0.4 is 5.32 Å². The summed E-state index contributed by atoms with van der Waals surface area (Å²) in [5.41, 5.74) is 4.44. The van der Waals surface area contributed by atoms with Crippen LogP contribution >= 0.6 is 0 Å². The molecule has 0 bridgehead atoms. The van der Waals surface area contributed by atoms with Gasteiger partial charge in [-0.05, 0) is 66.9 Å². The van der Waals surface area contributed by atoms with Crippen LogP contribution in [0.2, 0.25) is 0 Å². The number of benzene rings is 7. The minimum Gasteiger partial charge on any atom is -0.454 e. The zero-order valence-electron chi connectivity index (χ0n) is 25.2. The lowest BCUT2D eigenvalue weighted by atomic mass is 9.95. The Morgan fingerprint density at radius 3 is 2.11 bits per heavy atom. The molecule has 1 aliphatic rings. The quantitative estimate of drug-likeness (QED) is 0.205. The van der Waals surface area contributed by atoms with Crippen molar-refractivity contribution in [2.75, 3.05) is 0 Å². The second kappa shape index (κ2) is 10.1. The highest BCUT2D eigenvalue weighted by Crippen LogP contribution is 2.35. The van der Waals surface area contributed by atoms with Crippen LogP contribution in [0.15, 0.2) is 160 Å². The number of aromatic nitrogens is 1. The molecule has 1 N–H and O–H groups in total. The summed E-state index contributed by atoms with van der Waals surface area (Å²) < 4.78 is 6.19. The third-order valence-electron chi connectivity index (χ3n) is 9.35.